The van der Waals surface area contributed by atoms with Gasteiger partial charge in [-0.3, -0.25) is 4.79 Å². The average Bonchev–Trinajstić information content (AvgIpc) is 2.85. The normalized spacial score (nSPS) is 10.5. The third-order valence-corrected chi connectivity index (χ3v) is 4.20. The number of hydrogen-bond acceptors (Lipinski definition) is 2. The van der Waals surface area contributed by atoms with Crippen molar-refractivity contribution in [3.05, 3.63) is 56.7 Å². The highest BCUT2D eigenvalue weighted by molar-refractivity contribution is 7.17. The van der Waals surface area contributed by atoms with Crippen LogP contribution in [0.2, 0.25) is 4.34 Å². The van der Waals surface area contributed by atoms with Gasteiger partial charge in [-0.1, -0.05) is 42.8 Å². The molecule has 1 aromatic heterocycles. The summed E-state index contributed by atoms with van der Waals surface area (Å²) in [6.45, 7) is 2.74. The summed E-state index contributed by atoms with van der Waals surface area (Å²) >= 11 is 7.17. The molecule has 0 aliphatic carbocycles. The van der Waals surface area contributed by atoms with Crippen LogP contribution in [0.1, 0.15) is 27.7 Å². The first-order valence-electron chi connectivity index (χ1n) is 6.18. The van der Waals surface area contributed by atoms with E-state index >= 15 is 0 Å². The summed E-state index contributed by atoms with van der Waals surface area (Å²) in [6.07, 6.45) is 1.03. The monoisotopic (exact) mass is 293 g/mol. The lowest BCUT2D eigenvalue weighted by atomic mass is 10.1. The third kappa shape index (κ3) is 3.58. The Hall–Kier alpha value is -1.32. The fourth-order valence-corrected chi connectivity index (χ4v) is 2.88. The Bertz CT molecular complexity index is 562. The van der Waals surface area contributed by atoms with Gasteiger partial charge in [0.1, 0.15) is 0 Å². The van der Waals surface area contributed by atoms with Gasteiger partial charge in [-0.25, -0.2) is 0 Å². The molecular weight excluding hydrogens is 278 g/mol. The molecule has 19 heavy (non-hydrogen) atoms. The van der Waals surface area contributed by atoms with Gasteiger partial charge >= 0.3 is 0 Å². The van der Waals surface area contributed by atoms with Crippen LogP contribution in [-0.4, -0.2) is 17.9 Å². The zero-order valence-electron chi connectivity index (χ0n) is 11.0. The molecule has 2 aromatic rings. The lowest BCUT2D eigenvalue weighted by Gasteiger charge is -2.16. The van der Waals surface area contributed by atoms with Gasteiger partial charge in [-0.15, -0.1) is 11.3 Å². The number of halogens is 1. The van der Waals surface area contributed by atoms with E-state index in [0.717, 1.165) is 12.0 Å². The van der Waals surface area contributed by atoms with Crippen LogP contribution in [0.3, 0.4) is 0 Å². The van der Waals surface area contributed by atoms with Crippen LogP contribution in [0.5, 0.6) is 0 Å². The van der Waals surface area contributed by atoms with Crippen LogP contribution in [0.4, 0.5) is 0 Å². The second kappa shape index (κ2) is 6.22. The summed E-state index contributed by atoms with van der Waals surface area (Å²) < 4.78 is 0.643. The number of rotatable bonds is 4. The topological polar surface area (TPSA) is 20.3 Å². The molecular formula is C15H16ClNOS. The maximum Gasteiger partial charge on any atom is 0.264 e. The molecule has 0 unspecified atom stereocenters. The molecule has 0 saturated heterocycles. The molecule has 0 fully saturated rings. The van der Waals surface area contributed by atoms with Crippen molar-refractivity contribution in [2.45, 2.75) is 19.9 Å². The van der Waals surface area contributed by atoms with E-state index in [1.54, 1.807) is 17.0 Å². The van der Waals surface area contributed by atoms with E-state index in [1.807, 2.05) is 7.05 Å². The highest BCUT2D eigenvalue weighted by atomic mass is 35.5. The van der Waals surface area contributed by atoms with Crippen molar-refractivity contribution in [2.75, 3.05) is 7.05 Å². The first-order valence-corrected chi connectivity index (χ1v) is 7.38. The van der Waals surface area contributed by atoms with Crippen molar-refractivity contribution in [3.63, 3.8) is 0 Å². The number of benzene rings is 1. The first kappa shape index (κ1) is 14.1. The number of carbonyl (C=O) groups excluding carboxylic acids is 1. The van der Waals surface area contributed by atoms with E-state index < -0.39 is 0 Å². The van der Waals surface area contributed by atoms with Gasteiger partial charge in [-0.2, -0.15) is 0 Å². The van der Waals surface area contributed by atoms with Crippen molar-refractivity contribution < 1.29 is 4.79 Å². The minimum Gasteiger partial charge on any atom is -0.337 e. The molecule has 0 aliphatic rings. The zero-order valence-corrected chi connectivity index (χ0v) is 12.6. The van der Waals surface area contributed by atoms with Crippen LogP contribution in [-0.2, 0) is 13.0 Å². The van der Waals surface area contributed by atoms with E-state index in [4.69, 9.17) is 11.6 Å². The van der Waals surface area contributed by atoms with Crippen molar-refractivity contribution in [2.24, 2.45) is 0 Å². The lowest BCUT2D eigenvalue weighted by molar-refractivity contribution is 0.0790. The van der Waals surface area contributed by atoms with Gasteiger partial charge in [0.2, 0.25) is 0 Å². The number of amides is 1. The summed E-state index contributed by atoms with van der Waals surface area (Å²) in [4.78, 5) is 14.6. The fraction of sp³-hybridized carbons (Fsp3) is 0.267. The molecule has 0 N–H and O–H groups in total. The Balaban J connectivity index is 2.03. The highest BCUT2D eigenvalue weighted by Gasteiger charge is 2.14. The minimum atomic E-state index is 0.0106. The smallest absolute Gasteiger partial charge is 0.264 e. The second-order valence-corrected chi connectivity index (χ2v) is 6.15. The summed E-state index contributed by atoms with van der Waals surface area (Å²) in [7, 11) is 1.81. The maximum absolute atomic E-state index is 12.2. The highest BCUT2D eigenvalue weighted by Crippen LogP contribution is 2.22. The van der Waals surface area contributed by atoms with Crippen LogP contribution >= 0.6 is 22.9 Å². The van der Waals surface area contributed by atoms with E-state index in [9.17, 15) is 4.79 Å². The average molecular weight is 294 g/mol. The SMILES string of the molecule is CCc1ccc(CN(C)C(=O)c2ccc(Cl)s2)cc1. The number of carbonyl (C=O) groups is 1. The van der Waals surface area contributed by atoms with E-state index in [1.165, 1.54) is 16.9 Å². The second-order valence-electron chi connectivity index (χ2n) is 4.44. The predicted octanol–water partition coefficient (Wildman–Crippen LogP) is 4.24. The van der Waals surface area contributed by atoms with Crippen LogP contribution in [0, 0.1) is 0 Å². The van der Waals surface area contributed by atoms with Gasteiger partial charge in [0, 0.05) is 13.6 Å². The van der Waals surface area contributed by atoms with Gasteiger partial charge in [0.15, 0.2) is 0 Å². The minimum absolute atomic E-state index is 0.0106. The number of hydrogen-bond donors (Lipinski definition) is 0. The molecule has 0 saturated carbocycles. The molecule has 0 aliphatic heterocycles. The molecule has 1 aromatic carbocycles. The first-order chi connectivity index (χ1) is 9.10. The summed E-state index contributed by atoms with van der Waals surface area (Å²) in [6, 6.07) is 11.9. The Morgan fingerprint density at radius 3 is 2.32 bits per heavy atom. The molecule has 2 rings (SSSR count). The van der Waals surface area contributed by atoms with E-state index in [0.29, 0.717) is 15.8 Å². The summed E-state index contributed by atoms with van der Waals surface area (Å²) in [5.74, 6) is 0.0106. The maximum atomic E-state index is 12.2. The Labute approximate surface area is 122 Å². The van der Waals surface area contributed by atoms with Gasteiger partial charge in [-0.05, 0) is 29.7 Å². The molecule has 0 spiro atoms. The Morgan fingerprint density at radius 1 is 1.16 bits per heavy atom. The van der Waals surface area contributed by atoms with Crippen LogP contribution < -0.4 is 0 Å². The molecule has 0 radical (unpaired) electrons. The molecule has 1 heterocycles. The Kier molecular flexibility index (Phi) is 4.61. The van der Waals surface area contributed by atoms with Crippen LogP contribution in [0.25, 0.3) is 0 Å². The van der Waals surface area contributed by atoms with E-state index in [2.05, 4.69) is 31.2 Å². The zero-order chi connectivity index (χ0) is 13.8. The van der Waals surface area contributed by atoms with Crippen molar-refractivity contribution >= 4 is 28.8 Å². The van der Waals surface area contributed by atoms with Gasteiger partial charge in [0.25, 0.3) is 5.91 Å². The van der Waals surface area contributed by atoms with Crippen molar-refractivity contribution in [1.82, 2.24) is 4.90 Å². The number of thiophene rings is 1. The van der Waals surface area contributed by atoms with Crippen molar-refractivity contribution in [3.8, 4) is 0 Å². The standard InChI is InChI=1S/C15H16ClNOS/c1-3-11-4-6-12(7-5-11)10-17(2)15(18)13-8-9-14(16)19-13/h4-9H,3,10H2,1-2H3. The molecule has 0 atom stereocenters. The largest absolute Gasteiger partial charge is 0.337 e. The van der Waals surface area contributed by atoms with Gasteiger partial charge in [0.05, 0.1) is 9.21 Å². The number of aryl methyl sites for hydroxylation is 1. The lowest BCUT2D eigenvalue weighted by Crippen LogP contribution is -2.25. The fourth-order valence-electron chi connectivity index (χ4n) is 1.84. The summed E-state index contributed by atoms with van der Waals surface area (Å²) in [5, 5.41) is 0. The van der Waals surface area contributed by atoms with E-state index in [-0.39, 0.29) is 5.91 Å². The number of nitrogens with zero attached hydrogens (tertiary/aromatic N) is 1. The molecule has 2 nitrogen and oxygen atoms in total. The molecule has 0 bridgehead atoms. The van der Waals surface area contributed by atoms with Crippen LogP contribution in [0.15, 0.2) is 36.4 Å². The summed E-state index contributed by atoms with van der Waals surface area (Å²) in [5.41, 5.74) is 2.44. The predicted molar refractivity (Wildman–Crippen MR) is 80.9 cm³/mol. The van der Waals surface area contributed by atoms with Gasteiger partial charge < -0.3 is 4.90 Å². The molecule has 1 amide bonds. The molecule has 4 heteroatoms. The molecule has 100 valence electrons. The Morgan fingerprint density at radius 2 is 1.79 bits per heavy atom. The van der Waals surface area contributed by atoms with Crippen molar-refractivity contribution in [1.29, 1.82) is 0 Å². The third-order valence-electron chi connectivity index (χ3n) is 2.98. The quantitative estimate of drug-likeness (QED) is 0.826.